The predicted molar refractivity (Wildman–Crippen MR) is 66.8 cm³/mol. The van der Waals surface area contributed by atoms with E-state index in [1.54, 1.807) is 0 Å². The highest BCUT2D eigenvalue weighted by atomic mass is 16.5. The Hall–Kier alpha value is -2.04. The molecule has 0 aliphatic heterocycles. The second-order valence-corrected chi connectivity index (χ2v) is 3.82. The number of aromatic nitrogens is 3. The van der Waals surface area contributed by atoms with Crippen molar-refractivity contribution in [3.63, 3.8) is 0 Å². The molecule has 5 nitrogen and oxygen atoms in total. The monoisotopic (exact) mass is 232 g/mol. The molecule has 90 valence electrons. The number of aryl methyl sites for hydroxylation is 1. The van der Waals surface area contributed by atoms with E-state index in [0.29, 0.717) is 18.0 Å². The summed E-state index contributed by atoms with van der Waals surface area (Å²) in [7, 11) is 1.93. The van der Waals surface area contributed by atoms with Gasteiger partial charge in [-0.1, -0.05) is 0 Å². The molecule has 0 atom stereocenters. The van der Waals surface area contributed by atoms with Gasteiger partial charge in [0.05, 0.1) is 12.3 Å². The third kappa shape index (κ3) is 2.08. The lowest BCUT2D eigenvalue weighted by molar-refractivity contribution is 0.342. The molecule has 2 N–H and O–H groups in total. The van der Waals surface area contributed by atoms with Crippen LogP contribution in [0.4, 0.5) is 5.69 Å². The zero-order valence-corrected chi connectivity index (χ0v) is 10.3. The van der Waals surface area contributed by atoms with Gasteiger partial charge in [0, 0.05) is 12.6 Å². The van der Waals surface area contributed by atoms with Gasteiger partial charge in [-0.05, 0) is 32.0 Å². The first-order chi connectivity index (χ1) is 8.13. The largest absolute Gasteiger partial charge is 0.492 e. The lowest BCUT2D eigenvalue weighted by Crippen LogP contribution is -1.99. The summed E-state index contributed by atoms with van der Waals surface area (Å²) in [5, 5.41) is 8.16. The summed E-state index contributed by atoms with van der Waals surface area (Å²) in [6, 6.07) is 5.63. The van der Waals surface area contributed by atoms with E-state index in [1.807, 2.05) is 43.7 Å². The molecule has 0 aliphatic rings. The normalized spacial score (nSPS) is 10.5. The predicted octanol–water partition coefficient (Wildman–Crippen LogP) is 1.77. The molecule has 2 aromatic rings. The van der Waals surface area contributed by atoms with Gasteiger partial charge in [0.25, 0.3) is 0 Å². The Labute approximate surface area is 100 Å². The molecule has 1 aromatic carbocycles. The quantitative estimate of drug-likeness (QED) is 0.819. The Kier molecular flexibility index (Phi) is 2.99. The van der Waals surface area contributed by atoms with Crippen LogP contribution in [-0.2, 0) is 7.05 Å². The molecule has 17 heavy (non-hydrogen) atoms. The van der Waals surface area contributed by atoms with Crippen molar-refractivity contribution in [3.8, 4) is 17.1 Å². The molecule has 1 aromatic heterocycles. The third-order valence-corrected chi connectivity index (χ3v) is 2.66. The van der Waals surface area contributed by atoms with Gasteiger partial charge >= 0.3 is 0 Å². The van der Waals surface area contributed by atoms with Crippen molar-refractivity contribution in [2.45, 2.75) is 13.8 Å². The van der Waals surface area contributed by atoms with Crippen LogP contribution in [0.2, 0.25) is 0 Å². The van der Waals surface area contributed by atoms with E-state index in [2.05, 4.69) is 10.2 Å². The Balaban J connectivity index is 2.46. The molecule has 0 saturated heterocycles. The van der Waals surface area contributed by atoms with Crippen LogP contribution < -0.4 is 10.5 Å². The molecule has 0 saturated carbocycles. The van der Waals surface area contributed by atoms with E-state index >= 15 is 0 Å². The maximum Gasteiger partial charge on any atom is 0.163 e. The van der Waals surface area contributed by atoms with Crippen LogP contribution in [0.1, 0.15) is 12.7 Å². The Morgan fingerprint density at radius 3 is 2.71 bits per heavy atom. The van der Waals surface area contributed by atoms with Gasteiger partial charge in [0.15, 0.2) is 5.82 Å². The van der Waals surface area contributed by atoms with Crippen LogP contribution in [-0.4, -0.2) is 21.4 Å². The van der Waals surface area contributed by atoms with Crippen molar-refractivity contribution in [2.24, 2.45) is 7.05 Å². The average molecular weight is 232 g/mol. The highest BCUT2D eigenvalue weighted by molar-refractivity contribution is 5.65. The van der Waals surface area contributed by atoms with Crippen LogP contribution in [0.5, 0.6) is 5.75 Å². The van der Waals surface area contributed by atoms with Gasteiger partial charge in [0.2, 0.25) is 0 Å². The minimum atomic E-state index is 0.589. The molecule has 0 radical (unpaired) electrons. The van der Waals surface area contributed by atoms with Crippen molar-refractivity contribution < 1.29 is 4.74 Å². The fourth-order valence-corrected chi connectivity index (χ4v) is 1.61. The number of ether oxygens (including phenoxy) is 1. The summed E-state index contributed by atoms with van der Waals surface area (Å²) in [4.78, 5) is 0. The van der Waals surface area contributed by atoms with Crippen molar-refractivity contribution in [2.75, 3.05) is 12.3 Å². The van der Waals surface area contributed by atoms with Crippen LogP contribution in [0, 0.1) is 6.92 Å². The summed E-state index contributed by atoms with van der Waals surface area (Å²) in [5.41, 5.74) is 7.41. The number of nitrogens with zero attached hydrogens (tertiary/aromatic N) is 3. The fraction of sp³-hybridized carbons (Fsp3) is 0.333. The van der Waals surface area contributed by atoms with Crippen molar-refractivity contribution in [3.05, 3.63) is 24.0 Å². The molecule has 0 fully saturated rings. The average Bonchev–Trinajstić information content (AvgIpc) is 2.64. The van der Waals surface area contributed by atoms with E-state index in [-0.39, 0.29) is 0 Å². The van der Waals surface area contributed by atoms with Gasteiger partial charge in [-0.3, -0.25) is 0 Å². The SMILES string of the molecule is CCOc1cc(-c2nnc(C)n2C)ccc1N. The number of benzene rings is 1. The molecule has 0 unspecified atom stereocenters. The number of nitrogens with two attached hydrogens (primary N) is 1. The number of hydrogen-bond donors (Lipinski definition) is 1. The molecule has 5 heteroatoms. The topological polar surface area (TPSA) is 66.0 Å². The van der Waals surface area contributed by atoms with Gasteiger partial charge < -0.3 is 15.0 Å². The number of hydrogen-bond acceptors (Lipinski definition) is 4. The summed E-state index contributed by atoms with van der Waals surface area (Å²) >= 11 is 0. The minimum Gasteiger partial charge on any atom is -0.492 e. The summed E-state index contributed by atoms with van der Waals surface area (Å²) in [6.07, 6.45) is 0. The highest BCUT2D eigenvalue weighted by Gasteiger charge is 2.10. The van der Waals surface area contributed by atoms with Crippen molar-refractivity contribution in [1.29, 1.82) is 0 Å². The summed E-state index contributed by atoms with van der Waals surface area (Å²) in [5.74, 6) is 2.36. The van der Waals surface area contributed by atoms with Crippen molar-refractivity contribution >= 4 is 5.69 Å². The smallest absolute Gasteiger partial charge is 0.163 e. The van der Waals surface area contributed by atoms with E-state index < -0.39 is 0 Å². The number of rotatable bonds is 3. The van der Waals surface area contributed by atoms with Gasteiger partial charge in [-0.15, -0.1) is 10.2 Å². The second kappa shape index (κ2) is 4.45. The van der Waals surface area contributed by atoms with E-state index in [1.165, 1.54) is 0 Å². The maximum absolute atomic E-state index is 5.83. The maximum atomic E-state index is 5.83. The number of anilines is 1. The van der Waals surface area contributed by atoms with Crippen LogP contribution in [0.3, 0.4) is 0 Å². The Bertz CT molecular complexity index is 533. The summed E-state index contributed by atoms with van der Waals surface area (Å²) < 4.78 is 7.39. The molecule has 1 heterocycles. The highest BCUT2D eigenvalue weighted by Crippen LogP contribution is 2.28. The third-order valence-electron chi connectivity index (χ3n) is 2.66. The van der Waals surface area contributed by atoms with Gasteiger partial charge in [-0.2, -0.15) is 0 Å². The first-order valence-electron chi connectivity index (χ1n) is 5.52. The van der Waals surface area contributed by atoms with E-state index in [9.17, 15) is 0 Å². The molecular formula is C12H16N4O. The number of nitrogen functional groups attached to an aromatic ring is 1. The van der Waals surface area contributed by atoms with Gasteiger partial charge in [0.1, 0.15) is 11.6 Å². The van der Waals surface area contributed by atoms with Crippen LogP contribution in [0.15, 0.2) is 18.2 Å². The summed E-state index contributed by atoms with van der Waals surface area (Å²) in [6.45, 7) is 4.43. The molecule has 2 rings (SSSR count). The second-order valence-electron chi connectivity index (χ2n) is 3.82. The minimum absolute atomic E-state index is 0.589. The first-order valence-corrected chi connectivity index (χ1v) is 5.52. The van der Waals surface area contributed by atoms with Crippen LogP contribution >= 0.6 is 0 Å². The Morgan fingerprint density at radius 2 is 2.12 bits per heavy atom. The zero-order chi connectivity index (χ0) is 12.4. The lowest BCUT2D eigenvalue weighted by Gasteiger charge is -2.08. The molecule has 0 amide bonds. The molecule has 0 spiro atoms. The van der Waals surface area contributed by atoms with E-state index in [4.69, 9.17) is 10.5 Å². The standard InChI is InChI=1S/C12H16N4O/c1-4-17-11-7-9(5-6-10(11)13)12-15-14-8(2)16(12)3/h5-7H,4,13H2,1-3H3. The lowest BCUT2D eigenvalue weighted by atomic mass is 10.2. The Morgan fingerprint density at radius 1 is 1.35 bits per heavy atom. The van der Waals surface area contributed by atoms with Crippen molar-refractivity contribution in [1.82, 2.24) is 14.8 Å². The molecule has 0 bridgehead atoms. The molecular weight excluding hydrogens is 216 g/mol. The zero-order valence-electron chi connectivity index (χ0n) is 10.3. The fourth-order valence-electron chi connectivity index (χ4n) is 1.61. The van der Waals surface area contributed by atoms with Crippen LogP contribution in [0.25, 0.3) is 11.4 Å². The van der Waals surface area contributed by atoms with E-state index in [0.717, 1.165) is 17.2 Å². The molecule has 0 aliphatic carbocycles. The first kappa shape index (κ1) is 11.4. The van der Waals surface area contributed by atoms with Gasteiger partial charge in [-0.25, -0.2) is 0 Å².